The fourth-order valence-electron chi connectivity index (χ4n) is 0.967. The molecule has 0 spiro atoms. The van der Waals surface area contributed by atoms with Crippen LogP contribution in [0, 0.1) is 0 Å². The summed E-state index contributed by atoms with van der Waals surface area (Å²) in [5.41, 5.74) is 1.26. The van der Waals surface area contributed by atoms with Crippen LogP contribution < -0.4 is 0 Å². The second kappa shape index (κ2) is 2.77. The van der Waals surface area contributed by atoms with Crippen LogP contribution in [0.25, 0.3) is 0 Å². The molecular formula is C6H12FP. The molecule has 8 heavy (non-hydrogen) atoms. The van der Waals surface area contributed by atoms with Gasteiger partial charge in [0.15, 0.2) is 0 Å². The fraction of sp³-hybridized carbons (Fsp3) is 1.00. The van der Waals surface area contributed by atoms with E-state index in [1.54, 1.807) is 0 Å². The standard InChI is InChI=1S/C6H12FP/c1-2-3-5-6(4-7)8-5/h5-6,8H,2-4H2,1H3. The molecule has 0 saturated carbocycles. The van der Waals surface area contributed by atoms with Gasteiger partial charge >= 0.3 is 0 Å². The second-order valence-electron chi connectivity index (χ2n) is 2.32. The molecule has 0 aromatic rings. The highest BCUT2D eigenvalue weighted by molar-refractivity contribution is 7.49. The summed E-state index contributed by atoms with van der Waals surface area (Å²) in [6.07, 6.45) is 2.49. The summed E-state index contributed by atoms with van der Waals surface area (Å²) >= 11 is 0. The SMILES string of the molecule is CCCC1PC1CF. The van der Waals surface area contributed by atoms with Crippen molar-refractivity contribution in [3.63, 3.8) is 0 Å². The van der Waals surface area contributed by atoms with Crippen molar-refractivity contribution < 1.29 is 4.39 Å². The summed E-state index contributed by atoms with van der Waals surface area (Å²) in [5, 5.41) is 0. The van der Waals surface area contributed by atoms with E-state index >= 15 is 0 Å². The van der Waals surface area contributed by atoms with E-state index < -0.39 is 0 Å². The van der Waals surface area contributed by atoms with Crippen LogP contribution in [0.5, 0.6) is 0 Å². The van der Waals surface area contributed by atoms with Gasteiger partial charge in [-0.15, -0.1) is 8.58 Å². The van der Waals surface area contributed by atoms with Gasteiger partial charge in [-0.1, -0.05) is 13.3 Å². The molecule has 1 saturated heterocycles. The van der Waals surface area contributed by atoms with Crippen molar-refractivity contribution in [3.05, 3.63) is 0 Å². The maximum atomic E-state index is 11.8. The van der Waals surface area contributed by atoms with Gasteiger partial charge in [-0.05, 0) is 12.1 Å². The van der Waals surface area contributed by atoms with Crippen molar-refractivity contribution in [2.75, 3.05) is 6.67 Å². The molecule has 0 amide bonds. The van der Waals surface area contributed by atoms with Crippen molar-refractivity contribution in [1.29, 1.82) is 0 Å². The van der Waals surface area contributed by atoms with Gasteiger partial charge in [0.25, 0.3) is 0 Å². The van der Waals surface area contributed by atoms with Gasteiger partial charge in [0, 0.05) is 5.66 Å². The van der Waals surface area contributed by atoms with Gasteiger partial charge in [0.2, 0.25) is 0 Å². The molecule has 0 N–H and O–H groups in total. The minimum atomic E-state index is -0.0664. The third-order valence-electron chi connectivity index (χ3n) is 1.57. The normalized spacial score (nSPS) is 38.2. The average Bonchev–Trinajstić information content (AvgIpc) is 2.48. The van der Waals surface area contributed by atoms with Gasteiger partial charge in [-0.25, -0.2) is 0 Å². The minimum Gasteiger partial charge on any atom is -0.250 e. The Hall–Kier alpha value is 0.360. The van der Waals surface area contributed by atoms with Crippen LogP contribution >= 0.6 is 8.58 Å². The van der Waals surface area contributed by atoms with E-state index in [4.69, 9.17) is 0 Å². The topological polar surface area (TPSA) is 0 Å². The lowest BCUT2D eigenvalue weighted by Crippen LogP contribution is -1.93. The van der Waals surface area contributed by atoms with E-state index in [1.807, 2.05) is 0 Å². The number of hydrogen-bond acceptors (Lipinski definition) is 0. The lowest BCUT2D eigenvalue weighted by atomic mass is 10.2. The Morgan fingerprint density at radius 3 is 2.62 bits per heavy atom. The Morgan fingerprint density at radius 1 is 1.50 bits per heavy atom. The number of alkyl halides is 1. The third kappa shape index (κ3) is 1.42. The zero-order valence-corrected chi connectivity index (χ0v) is 6.15. The molecule has 1 heterocycles. The first kappa shape index (κ1) is 6.48. The van der Waals surface area contributed by atoms with Gasteiger partial charge in [-0.3, -0.25) is 4.39 Å². The Balaban J connectivity index is 1.99. The average molecular weight is 134 g/mol. The third-order valence-corrected chi connectivity index (χ3v) is 3.29. The molecule has 0 aromatic carbocycles. The fourth-order valence-corrected chi connectivity index (χ4v) is 2.21. The summed E-state index contributed by atoms with van der Waals surface area (Å²) in [7, 11) is 0.947. The zero-order valence-electron chi connectivity index (χ0n) is 5.15. The van der Waals surface area contributed by atoms with Crippen LogP contribution in [0.3, 0.4) is 0 Å². The predicted molar refractivity (Wildman–Crippen MR) is 36.8 cm³/mol. The Kier molecular flexibility index (Phi) is 2.25. The Labute approximate surface area is 51.6 Å². The first-order chi connectivity index (χ1) is 3.88. The lowest BCUT2D eigenvalue weighted by molar-refractivity contribution is 0.491. The van der Waals surface area contributed by atoms with Gasteiger partial charge in [-0.2, -0.15) is 0 Å². The van der Waals surface area contributed by atoms with E-state index in [0.717, 1.165) is 14.2 Å². The lowest BCUT2D eigenvalue weighted by Gasteiger charge is -1.87. The molecule has 1 aliphatic rings. The summed E-state index contributed by atoms with van der Waals surface area (Å²) in [4.78, 5) is 0. The van der Waals surface area contributed by atoms with E-state index in [0.29, 0.717) is 5.66 Å². The minimum absolute atomic E-state index is 0.0664. The highest BCUT2D eigenvalue weighted by atomic mass is 31.1. The van der Waals surface area contributed by atoms with Crippen LogP contribution in [0.4, 0.5) is 4.39 Å². The molecule has 0 aromatic heterocycles. The van der Waals surface area contributed by atoms with Crippen molar-refractivity contribution >= 4 is 8.58 Å². The molecule has 2 heteroatoms. The molecule has 0 radical (unpaired) electrons. The Morgan fingerprint density at radius 2 is 2.25 bits per heavy atom. The number of halogens is 1. The van der Waals surface area contributed by atoms with Crippen LogP contribution in [0.2, 0.25) is 0 Å². The van der Waals surface area contributed by atoms with E-state index in [2.05, 4.69) is 6.92 Å². The van der Waals surface area contributed by atoms with Gasteiger partial charge in [0.05, 0.1) is 6.67 Å². The molecule has 3 unspecified atom stereocenters. The maximum Gasteiger partial charge on any atom is 0.0965 e. The van der Waals surface area contributed by atoms with Crippen molar-refractivity contribution in [3.8, 4) is 0 Å². The first-order valence-corrected chi connectivity index (χ1v) is 4.36. The van der Waals surface area contributed by atoms with Gasteiger partial charge < -0.3 is 0 Å². The highest BCUT2D eigenvalue weighted by Gasteiger charge is 2.35. The van der Waals surface area contributed by atoms with Crippen molar-refractivity contribution in [2.45, 2.75) is 31.1 Å². The zero-order chi connectivity index (χ0) is 5.98. The molecule has 48 valence electrons. The van der Waals surface area contributed by atoms with Crippen molar-refractivity contribution in [1.82, 2.24) is 0 Å². The summed E-state index contributed by atoms with van der Waals surface area (Å²) in [5.74, 6) is 0. The number of rotatable bonds is 3. The quantitative estimate of drug-likeness (QED) is 0.519. The van der Waals surface area contributed by atoms with Crippen LogP contribution in [-0.2, 0) is 0 Å². The predicted octanol–water partition coefficient (Wildman–Crippen LogP) is 2.19. The second-order valence-corrected chi connectivity index (χ2v) is 4.14. The monoisotopic (exact) mass is 134 g/mol. The molecule has 1 aliphatic heterocycles. The van der Waals surface area contributed by atoms with Crippen molar-refractivity contribution in [2.24, 2.45) is 0 Å². The van der Waals surface area contributed by atoms with E-state index in [-0.39, 0.29) is 6.67 Å². The van der Waals surface area contributed by atoms with E-state index in [1.165, 1.54) is 12.8 Å². The van der Waals surface area contributed by atoms with Crippen LogP contribution in [0.15, 0.2) is 0 Å². The number of hydrogen-bond donors (Lipinski definition) is 0. The summed E-state index contributed by atoms with van der Waals surface area (Å²) < 4.78 is 11.8. The molecule has 0 nitrogen and oxygen atoms in total. The largest absolute Gasteiger partial charge is 0.250 e. The molecular weight excluding hydrogens is 122 g/mol. The molecule has 1 fully saturated rings. The molecule has 1 rings (SSSR count). The smallest absolute Gasteiger partial charge is 0.0965 e. The molecule has 3 atom stereocenters. The molecule has 0 bridgehead atoms. The van der Waals surface area contributed by atoms with E-state index in [9.17, 15) is 4.39 Å². The van der Waals surface area contributed by atoms with Gasteiger partial charge in [0.1, 0.15) is 0 Å². The molecule has 0 aliphatic carbocycles. The van der Waals surface area contributed by atoms with Crippen LogP contribution in [-0.4, -0.2) is 18.0 Å². The first-order valence-electron chi connectivity index (χ1n) is 3.20. The Bertz CT molecular complexity index is 74.9. The summed E-state index contributed by atoms with van der Waals surface area (Å²) in [6.45, 7) is 2.10. The van der Waals surface area contributed by atoms with Crippen LogP contribution in [0.1, 0.15) is 19.8 Å². The highest BCUT2D eigenvalue weighted by Crippen LogP contribution is 2.51. The maximum absolute atomic E-state index is 11.8. The summed E-state index contributed by atoms with van der Waals surface area (Å²) in [6, 6.07) is 0.